The summed E-state index contributed by atoms with van der Waals surface area (Å²) in [6.07, 6.45) is 2.18. The van der Waals surface area contributed by atoms with Gasteiger partial charge in [-0.3, -0.25) is 4.79 Å². The number of rotatable bonds is 6. The molecule has 1 aromatic heterocycles. The molecule has 4 rings (SSSR count). The molecule has 5 nitrogen and oxygen atoms in total. The van der Waals surface area contributed by atoms with Gasteiger partial charge in [0.25, 0.3) is 5.91 Å². The van der Waals surface area contributed by atoms with E-state index in [-0.39, 0.29) is 12.0 Å². The average molecular weight is 390 g/mol. The molecule has 1 fully saturated rings. The SMILES string of the molecule is CCOc1cc(-c2ccc(C)cc2)nc2ccc(C(=O)NC[C@H]3CCCO3)cc12. The van der Waals surface area contributed by atoms with Crippen LogP contribution in [0.4, 0.5) is 0 Å². The van der Waals surface area contributed by atoms with Gasteiger partial charge in [0.05, 0.1) is 23.9 Å². The van der Waals surface area contributed by atoms with Crippen LogP contribution in [0.1, 0.15) is 35.7 Å². The summed E-state index contributed by atoms with van der Waals surface area (Å²) >= 11 is 0. The number of fused-ring (bicyclic) bond motifs is 1. The Morgan fingerprint density at radius 2 is 2.03 bits per heavy atom. The van der Waals surface area contributed by atoms with Crippen LogP contribution in [0.5, 0.6) is 5.75 Å². The number of carbonyl (C=O) groups excluding carboxylic acids is 1. The van der Waals surface area contributed by atoms with E-state index in [0.717, 1.165) is 47.4 Å². The Hall–Kier alpha value is -2.92. The van der Waals surface area contributed by atoms with Gasteiger partial charge in [-0.1, -0.05) is 29.8 Å². The Bertz CT molecular complexity index is 1010. The summed E-state index contributed by atoms with van der Waals surface area (Å²) in [5.74, 6) is 0.634. The first-order valence-electron chi connectivity index (χ1n) is 10.2. The number of hydrogen-bond acceptors (Lipinski definition) is 4. The van der Waals surface area contributed by atoms with Crippen molar-refractivity contribution in [2.45, 2.75) is 32.8 Å². The summed E-state index contributed by atoms with van der Waals surface area (Å²) in [4.78, 5) is 17.4. The standard InChI is InChI=1S/C24H26N2O3/c1-3-28-23-14-22(17-8-6-16(2)7-9-17)26-21-11-10-18(13-20(21)23)24(27)25-15-19-5-4-12-29-19/h6-11,13-14,19H,3-5,12,15H2,1-2H3,(H,25,27)/t19-/m1/s1. The van der Waals surface area contributed by atoms with E-state index in [9.17, 15) is 4.79 Å². The summed E-state index contributed by atoms with van der Waals surface area (Å²) in [6, 6.07) is 15.8. The van der Waals surface area contributed by atoms with E-state index in [1.54, 1.807) is 0 Å². The van der Waals surface area contributed by atoms with Crippen molar-refractivity contribution >= 4 is 16.8 Å². The lowest BCUT2D eigenvalue weighted by atomic mass is 10.1. The van der Waals surface area contributed by atoms with E-state index in [0.29, 0.717) is 18.7 Å². The first kappa shape index (κ1) is 19.4. The van der Waals surface area contributed by atoms with Crippen LogP contribution in [0.25, 0.3) is 22.2 Å². The minimum absolute atomic E-state index is 0.104. The highest BCUT2D eigenvalue weighted by atomic mass is 16.5. The van der Waals surface area contributed by atoms with Gasteiger partial charge in [-0.05, 0) is 44.9 Å². The van der Waals surface area contributed by atoms with Crippen LogP contribution in [-0.4, -0.2) is 36.8 Å². The second kappa shape index (κ2) is 8.62. The van der Waals surface area contributed by atoms with Gasteiger partial charge in [-0.2, -0.15) is 0 Å². The monoisotopic (exact) mass is 390 g/mol. The molecule has 0 unspecified atom stereocenters. The zero-order chi connectivity index (χ0) is 20.2. The molecule has 1 aliphatic heterocycles. The number of carbonyl (C=O) groups is 1. The maximum absolute atomic E-state index is 12.6. The first-order chi connectivity index (χ1) is 14.1. The normalized spacial score (nSPS) is 16.1. The van der Waals surface area contributed by atoms with Crippen molar-refractivity contribution in [3.8, 4) is 17.0 Å². The molecule has 1 saturated heterocycles. The maximum atomic E-state index is 12.6. The van der Waals surface area contributed by atoms with Crippen LogP contribution in [0.2, 0.25) is 0 Å². The molecule has 1 N–H and O–H groups in total. The van der Waals surface area contributed by atoms with Crippen molar-refractivity contribution < 1.29 is 14.3 Å². The van der Waals surface area contributed by atoms with E-state index in [1.807, 2.05) is 31.2 Å². The lowest BCUT2D eigenvalue weighted by Gasteiger charge is -2.13. The lowest BCUT2D eigenvalue weighted by molar-refractivity contribution is 0.0858. The Morgan fingerprint density at radius 3 is 2.76 bits per heavy atom. The number of nitrogens with one attached hydrogen (secondary N) is 1. The number of amides is 1. The molecular weight excluding hydrogens is 364 g/mol. The van der Waals surface area contributed by atoms with Crippen molar-refractivity contribution in [1.29, 1.82) is 0 Å². The van der Waals surface area contributed by atoms with E-state index >= 15 is 0 Å². The van der Waals surface area contributed by atoms with Gasteiger partial charge in [-0.15, -0.1) is 0 Å². The Kier molecular flexibility index (Phi) is 5.76. The largest absolute Gasteiger partial charge is 0.493 e. The van der Waals surface area contributed by atoms with Gasteiger partial charge in [0.1, 0.15) is 5.75 Å². The van der Waals surface area contributed by atoms with Gasteiger partial charge in [-0.25, -0.2) is 4.98 Å². The van der Waals surface area contributed by atoms with E-state index in [2.05, 4.69) is 36.5 Å². The molecule has 2 aromatic carbocycles. The molecule has 0 saturated carbocycles. The lowest BCUT2D eigenvalue weighted by Crippen LogP contribution is -2.31. The second-order valence-corrected chi connectivity index (χ2v) is 7.38. The third kappa shape index (κ3) is 4.40. The molecule has 0 aliphatic carbocycles. The molecule has 1 atom stereocenters. The van der Waals surface area contributed by atoms with E-state index in [1.165, 1.54) is 5.56 Å². The summed E-state index contributed by atoms with van der Waals surface area (Å²) < 4.78 is 11.5. The van der Waals surface area contributed by atoms with Crippen LogP contribution >= 0.6 is 0 Å². The number of benzene rings is 2. The second-order valence-electron chi connectivity index (χ2n) is 7.38. The third-order valence-electron chi connectivity index (χ3n) is 5.19. The molecule has 3 aromatic rings. The molecule has 29 heavy (non-hydrogen) atoms. The fraction of sp³-hybridized carbons (Fsp3) is 0.333. The Labute approximate surface area is 171 Å². The van der Waals surface area contributed by atoms with Crippen LogP contribution < -0.4 is 10.1 Å². The van der Waals surface area contributed by atoms with Gasteiger partial charge < -0.3 is 14.8 Å². The molecule has 5 heteroatoms. The highest BCUT2D eigenvalue weighted by Crippen LogP contribution is 2.31. The maximum Gasteiger partial charge on any atom is 0.251 e. The van der Waals surface area contributed by atoms with E-state index < -0.39 is 0 Å². The Morgan fingerprint density at radius 1 is 1.21 bits per heavy atom. The minimum atomic E-state index is -0.104. The summed E-state index contributed by atoms with van der Waals surface area (Å²) in [6.45, 7) is 5.88. The van der Waals surface area contributed by atoms with E-state index in [4.69, 9.17) is 14.5 Å². The first-order valence-corrected chi connectivity index (χ1v) is 10.2. The number of nitrogens with zero attached hydrogens (tertiary/aromatic N) is 1. The molecule has 0 radical (unpaired) electrons. The van der Waals surface area contributed by atoms with Gasteiger partial charge in [0.15, 0.2) is 0 Å². The van der Waals surface area contributed by atoms with Crippen LogP contribution in [0.3, 0.4) is 0 Å². The summed E-state index contributed by atoms with van der Waals surface area (Å²) in [5.41, 5.74) is 4.51. The highest BCUT2D eigenvalue weighted by molar-refractivity contribution is 5.99. The van der Waals surface area contributed by atoms with Crippen LogP contribution in [0.15, 0.2) is 48.5 Å². The Balaban J connectivity index is 1.64. The quantitative estimate of drug-likeness (QED) is 0.672. The molecule has 0 bridgehead atoms. The van der Waals surface area contributed by atoms with Gasteiger partial charge in [0.2, 0.25) is 0 Å². The fourth-order valence-electron chi connectivity index (χ4n) is 3.60. The molecule has 150 valence electrons. The number of hydrogen-bond donors (Lipinski definition) is 1. The molecular formula is C24H26N2O3. The van der Waals surface area contributed by atoms with Crippen molar-refractivity contribution in [2.75, 3.05) is 19.8 Å². The molecule has 1 amide bonds. The molecule has 2 heterocycles. The van der Waals surface area contributed by atoms with Crippen LogP contribution in [0, 0.1) is 6.92 Å². The van der Waals surface area contributed by atoms with Gasteiger partial charge >= 0.3 is 0 Å². The topological polar surface area (TPSA) is 60.5 Å². The zero-order valence-corrected chi connectivity index (χ0v) is 16.9. The summed E-state index contributed by atoms with van der Waals surface area (Å²) in [5, 5.41) is 3.81. The predicted octanol–water partition coefficient (Wildman–Crippen LogP) is 4.52. The van der Waals surface area contributed by atoms with Crippen molar-refractivity contribution in [3.05, 3.63) is 59.7 Å². The third-order valence-corrected chi connectivity index (χ3v) is 5.19. The fourth-order valence-corrected chi connectivity index (χ4v) is 3.60. The smallest absolute Gasteiger partial charge is 0.251 e. The highest BCUT2D eigenvalue weighted by Gasteiger charge is 2.17. The summed E-state index contributed by atoms with van der Waals surface area (Å²) in [7, 11) is 0. The number of pyridine rings is 1. The van der Waals surface area contributed by atoms with Crippen LogP contribution in [-0.2, 0) is 4.74 Å². The molecule has 1 aliphatic rings. The predicted molar refractivity (Wildman–Crippen MR) is 114 cm³/mol. The van der Waals surface area contributed by atoms with Gasteiger partial charge in [0, 0.05) is 35.7 Å². The zero-order valence-electron chi connectivity index (χ0n) is 16.9. The molecule has 0 spiro atoms. The number of ether oxygens (including phenoxy) is 2. The van der Waals surface area contributed by atoms with Crippen molar-refractivity contribution in [1.82, 2.24) is 10.3 Å². The van der Waals surface area contributed by atoms with Crippen molar-refractivity contribution in [3.63, 3.8) is 0 Å². The number of aromatic nitrogens is 1. The average Bonchev–Trinajstić information content (AvgIpc) is 3.26. The minimum Gasteiger partial charge on any atom is -0.493 e. The number of aryl methyl sites for hydroxylation is 1. The van der Waals surface area contributed by atoms with Crippen molar-refractivity contribution in [2.24, 2.45) is 0 Å².